The monoisotopic (exact) mass is 373 g/mol. The molecule has 2 aromatic carbocycles. The smallest absolute Gasteiger partial charge is 0.224 e. The Labute approximate surface area is 141 Å². The highest BCUT2D eigenvalue weighted by Gasteiger charge is 2.27. The van der Waals surface area contributed by atoms with E-state index < -0.39 is 19.9 Å². The predicted octanol–water partition coefficient (Wildman–Crippen LogP) is 2.56. The average molecular weight is 374 g/mol. The van der Waals surface area contributed by atoms with E-state index in [1.165, 1.54) is 31.3 Å². The van der Waals surface area contributed by atoms with Gasteiger partial charge in [-0.25, -0.2) is 16.8 Å². The lowest BCUT2D eigenvalue weighted by atomic mass is 10.2. The van der Waals surface area contributed by atoms with Gasteiger partial charge in [0.25, 0.3) is 0 Å². The number of nitrogens with zero attached hydrogens (tertiary/aromatic N) is 1. The molecule has 124 valence electrons. The number of benzene rings is 2. The van der Waals surface area contributed by atoms with Crippen LogP contribution >= 0.6 is 11.6 Å². The molecule has 0 fully saturated rings. The van der Waals surface area contributed by atoms with Crippen molar-refractivity contribution in [1.82, 2.24) is 4.31 Å². The molecular weight excluding hydrogens is 358 g/mol. The molecule has 0 N–H and O–H groups in total. The highest BCUT2D eigenvalue weighted by Crippen LogP contribution is 2.24. The molecule has 5 nitrogen and oxygen atoms in total. The normalized spacial score (nSPS) is 12.5. The molecule has 0 aliphatic heterocycles. The first-order valence-corrected chi connectivity index (χ1v) is 10.3. The van der Waals surface area contributed by atoms with Crippen LogP contribution in [0, 0.1) is 0 Å². The predicted molar refractivity (Wildman–Crippen MR) is 89.7 cm³/mol. The second-order valence-corrected chi connectivity index (χ2v) is 9.54. The summed E-state index contributed by atoms with van der Waals surface area (Å²) in [5.74, 6) is 0. The van der Waals surface area contributed by atoms with E-state index in [2.05, 4.69) is 0 Å². The molecular formula is C15H16ClNO4S2. The van der Waals surface area contributed by atoms with Crippen LogP contribution in [0.1, 0.15) is 5.56 Å². The lowest BCUT2D eigenvalue weighted by Gasteiger charge is -2.19. The number of sulfone groups is 1. The van der Waals surface area contributed by atoms with Gasteiger partial charge in [0, 0.05) is 24.9 Å². The molecule has 0 radical (unpaired) electrons. The summed E-state index contributed by atoms with van der Waals surface area (Å²) in [6.07, 6.45) is 0.984. The minimum atomic E-state index is -3.95. The van der Waals surface area contributed by atoms with E-state index >= 15 is 0 Å². The average Bonchev–Trinajstić information content (AvgIpc) is 2.46. The van der Waals surface area contributed by atoms with Crippen molar-refractivity contribution >= 4 is 31.5 Å². The summed E-state index contributed by atoms with van der Waals surface area (Å²) in [4.78, 5) is -0.440. The summed E-state index contributed by atoms with van der Waals surface area (Å²) in [7, 11) is -6.21. The summed E-state index contributed by atoms with van der Waals surface area (Å²) < 4.78 is 50.2. The van der Waals surface area contributed by atoms with Crippen LogP contribution in [0.25, 0.3) is 0 Å². The Bertz CT molecular complexity index is 924. The Morgan fingerprint density at radius 3 is 2.13 bits per heavy atom. The van der Waals surface area contributed by atoms with Crippen molar-refractivity contribution in [2.24, 2.45) is 0 Å². The van der Waals surface area contributed by atoms with Crippen molar-refractivity contribution in [3.63, 3.8) is 0 Å². The third kappa shape index (κ3) is 4.11. The Balaban J connectivity index is 2.43. The van der Waals surface area contributed by atoms with E-state index in [4.69, 9.17) is 11.6 Å². The third-order valence-electron chi connectivity index (χ3n) is 3.23. The first-order chi connectivity index (χ1) is 10.6. The van der Waals surface area contributed by atoms with Gasteiger partial charge in [0.05, 0.1) is 4.90 Å². The van der Waals surface area contributed by atoms with Gasteiger partial charge >= 0.3 is 0 Å². The molecule has 0 aliphatic rings. The number of sulfonamides is 1. The summed E-state index contributed by atoms with van der Waals surface area (Å²) in [6, 6.07) is 12.4. The standard InChI is InChI=1S/C15H16ClNO4S2/c1-17(11-12-6-5-7-13(16)10-12)23(20,21)15-9-4-3-8-14(15)22(2,18)19/h3-10H,11H2,1-2H3. The zero-order valence-electron chi connectivity index (χ0n) is 12.6. The van der Waals surface area contributed by atoms with E-state index in [9.17, 15) is 16.8 Å². The van der Waals surface area contributed by atoms with Crippen LogP contribution in [-0.2, 0) is 26.4 Å². The lowest BCUT2D eigenvalue weighted by Crippen LogP contribution is -2.27. The third-order valence-corrected chi connectivity index (χ3v) is 6.61. The molecule has 0 bridgehead atoms. The molecule has 0 atom stereocenters. The highest BCUT2D eigenvalue weighted by atomic mass is 35.5. The molecule has 0 saturated heterocycles. The fourth-order valence-corrected chi connectivity index (χ4v) is 5.08. The van der Waals surface area contributed by atoms with Gasteiger partial charge in [0.2, 0.25) is 10.0 Å². The maximum atomic E-state index is 12.7. The van der Waals surface area contributed by atoms with E-state index in [0.29, 0.717) is 10.6 Å². The number of rotatable bonds is 5. The van der Waals surface area contributed by atoms with E-state index in [1.54, 1.807) is 24.3 Å². The lowest BCUT2D eigenvalue weighted by molar-refractivity contribution is 0.464. The largest absolute Gasteiger partial charge is 0.244 e. The SMILES string of the molecule is CN(Cc1cccc(Cl)c1)S(=O)(=O)c1ccccc1S(C)(=O)=O. The molecule has 23 heavy (non-hydrogen) atoms. The van der Waals surface area contributed by atoms with Gasteiger partial charge in [0.1, 0.15) is 4.90 Å². The molecule has 2 rings (SSSR count). The van der Waals surface area contributed by atoms with E-state index in [-0.39, 0.29) is 16.3 Å². The maximum absolute atomic E-state index is 12.7. The maximum Gasteiger partial charge on any atom is 0.244 e. The van der Waals surface area contributed by atoms with Gasteiger partial charge in [-0.15, -0.1) is 0 Å². The quantitative estimate of drug-likeness (QED) is 0.807. The van der Waals surface area contributed by atoms with Crippen LogP contribution in [0.4, 0.5) is 0 Å². The summed E-state index contributed by atoms with van der Waals surface area (Å²) in [5, 5.41) is 0.504. The van der Waals surface area contributed by atoms with Gasteiger partial charge in [-0.2, -0.15) is 4.31 Å². The minimum Gasteiger partial charge on any atom is -0.224 e. The van der Waals surface area contributed by atoms with Crippen LogP contribution in [-0.4, -0.2) is 34.4 Å². The molecule has 0 aliphatic carbocycles. The van der Waals surface area contributed by atoms with Gasteiger partial charge in [-0.1, -0.05) is 35.9 Å². The van der Waals surface area contributed by atoms with Crippen LogP contribution in [0.2, 0.25) is 5.02 Å². The molecule has 2 aromatic rings. The second-order valence-electron chi connectivity index (χ2n) is 5.11. The van der Waals surface area contributed by atoms with Crippen LogP contribution in [0.5, 0.6) is 0 Å². The number of halogens is 1. The van der Waals surface area contributed by atoms with Crippen LogP contribution in [0.15, 0.2) is 58.3 Å². The molecule has 0 saturated carbocycles. The van der Waals surface area contributed by atoms with Gasteiger partial charge in [-0.05, 0) is 29.8 Å². The van der Waals surface area contributed by atoms with Crippen molar-refractivity contribution in [2.45, 2.75) is 16.3 Å². The zero-order valence-corrected chi connectivity index (χ0v) is 15.0. The molecule has 0 spiro atoms. The van der Waals surface area contributed by atoms with Crippen molar-refractivity contribution in [2.75, 3.05) is 13.3 Å². The van der Waals surface area contributed by atoms with Crippen molar-refractivity contribution in [1.29, 1.82) is 0 Å². The molecule has 0 aromatic heterocycles. The summed E-state index contributed by atoms with van der Waals surface area (Å²) in [5.41, 5.74) is 0.709. The van der Waals surface area contributed by atoms with Crippen molar-refractivity contribution < 1.29 is 16.8 Å². The Hall–Kier alpha value is -1.41. The van der Waals surface area contributed by atoms with E-state index in [0.717, 1.165) is 10.6 Å². The Morgan fingerprint density at radius 1 is 0.957 bits per heavy atom. The fourth-order valence-electron chi connectivity index (χ4n) is 2.11. The first-order valence-electron chi connectivity index (χ1n) is 6.62. The molecule has 0 amide bonds. The second kappa shape index (κ2) is 6.60. The highest BCUT2D eigenvalue weighted by molar-refractivity contribution is 7.93. The van der Waals surface area contributed by atoms with Crippen LogP contribution < -0.4 is 0 Å². The molecule has 0 unspecified atom stereocenters. The van der Waals surface area contributed by atoms with E-state index in [1.807, 2.05) is 0 Å². The summed E-state index contributed by atoms with van der Waals surface area (Å²) >= 11 is 5.90. The first kappa shape index (κ1) is 17.9. The Kier molecular flexibility index (Phi) is 5.15. The van der Waals surface area contributed by atoms with Crippen LogP contribution in [0.3, 0.4) is 0 Å². The number of hydrogen-bond acceptors (Lipinski definition) is 4. The van der Waals surface area contributed by atoms with Gasteiger partial charge < -0.3 is 0 Å². The fraction of sp³-hybridized carbons (Fsp3) is 0.200. The van der Waals surface area contributed by atoms with Gasteiger partial charge in [-0.3, -0.25) is 0 Å². The number of hydrogen-bond donors (Lipinski definition) is 0. The topological polar surface area (TPSA) is 71.5 Å². The van der Waals surface area contributed by atoms with Crippen molar-refractivity contribution in [3.05, 3.63) is 59.1 Å². The van der Waals surface area contributed by atoms with Gasteiger partial charge in [0.15, 0.2) is 9.84 Å². The zero-order chi connectivity index (χ0) is 17.3. The molecule has 0 heterocycles. The summed E-state index contributed by atoms with van der Waals surface area (Å²) in [6.45, 7) is 0.0843. The Morgan fingerprint density at radius 2 is 1.57 bits per heavy atom. The molecule has 8 heteroatoms. The minimum absolute atomic E-state index is 0.0843. The van der Waals surface area contributed by atoms with Crippen molar-refractivity contribution in [3.8, 4) is 0 Å².